The first-order valence-corrected chi connectivity index (χ1v) is 5.79. The van der Waals surface area contributed by atoms with E-state index in [-0.39, 0.29) is 5.91 Å². The molecule has 0 aliphatic carbocycles. The van der Waals surface area contributed by atoms with Gasteiger partial charge in [0.25, 0.3) is 5.91 Å². The van der Waals surface area contributed by atoms with E-state index in [2.05, 4.69) is 18.3 Å². The summed E-state index contributed by atoms with van der Waals surface area (Å²) in [6.07, 6.45) is 6.21. The Bertz CT molecular complexity index is 411. The van der Waals surface area contributed by atoms with Gasteiger partial charge in [-0.15, -0.1) is 0 Å². The first-order valence-electron chi connectivity index (χ1n) is 5.79. The molecule has 0 saturated heterocycles. The maximum absolute atomic E-state index is 11.5. The summed E-state index contributed by atoms with van der Waals surface area (Å²) in [6, 6.07) is 5.41. The van der Waals surface area contributed by atoms with E-state index in [4.69, 9.17) is 4.74 Å². The van der Waals surface area contributed by atoms with Crippen molar-refractivity contribution < 1.29 is 9.53 Å². The van der Waals surface area contributed by atoms with Crippen molar-refractivity contribution in [2.45, 2.75) is 19.8 Å². The second kappa shape index (κ2) is 6.74. The number of rotatable bonds is 5. The zero-order valence-corrected chi connectivity index (χ0v) is 10.6. The van der Waals surface area contributed by atoms with Crippen molar-refractivity contribution in [2.24, 2.45) is 0 Å². The maximum atomic E-state index is 11.5. The number of allylic oxidation sites excluding steroid dienone is 1. The van der Waals surface area contributed by atoms with Crippen molar-refractivity contribution in [3.05, 3.63) is 35.4 Å². The summed E-state index contributed by atoms with van der Waals surface area (Å²) in [4.78, 5) is 11.5. The van der Waals surface area contributed by atoms with Crippen LogP contribution in [0.3, 0.4) is 0 Å². The predicted molar refractivity (Wildman–Crippen MR) is 70.3 cm³/mol. The third-order valence-corrected chi connectivity index (χ3v) is 2.47. The van der Waals surface area contributed by atoms with Crippen LogP contribution in [0.25, 0.3) is 6.08 Å². The second-order valence-corrected chi connectivity index (χ2v) is 3.73. The van der Waals surface area contributed by atoms with Crippen LogP contribution in [0.5, 0.6) is 5.75 Å². The van der Waals surface area contributed by atoms with Crippen LogP contribution in [-0.4, -0.2) is 20.1 Å². The molecule has 0 fully saturated rings. The van der Waals surface area contributed by atoms with Crippen molar-refractivity contribution in [1.29, 1.82) is 0 Å². The van der Waals surface area contributed by atoms with Gasteiger partial charge in [0.1, 0.15) is 5.75 Å². The topological polar surface area (TPSA) is 38.3 Å². The lowest BCUT2D eigenvalue weighted by Gasteiger charge is -2.07. The maximum Gasteiger partial charge on any atom is 0.251 e. The molecule has 0 bridgehead atoms. The van der Waals surface area contributed by atoms with E-state index in [1.165, 1.54) is 0 Å². The Morgan fingerprint density at radius 1 is 1.47 bits per heavy atom. The normalized spacial score (nSPS) is 10.5. The third kappa shape index (κ3) is 3.63. The predicted octanol–water partition coefficient (Wildman–Crippen LogP) is 2.87. The molecule has 0 radical (unpaired) electrons. The summed E-state index contributed by atoms with van der Waals surface area (Å²) in [7, 11) is 3.26. The molecule has 1 aromatic rings. The molecule has 0 unspecified atom stereocenters. The van der Waals surface area contributed by atoms with Crippen LogP contribution in [0.2, 0.25) is 0 Å². The van der Waals surface area contributed by atoms with E-state index >= 15 is 0 Å². The van der Waals surface area contributed by atoms with Gasteiger partial charge in [-0.2, -0.15) is 0 Å². The first kappa shape index (κ1) is 13.3. The Kier molecular flexibility index (Phi) is 5.27. The number of unbranched alkanes of at least 4 members (excludes halogenated alkanes) is 1. The van der Waals surface area contributed by atoms with Crippen LogP contribution in [0, 0.1) is 0 Å². The van der Waals surface area contributed by atoms with E-state index in [0.717, 1.165) is 24.2 Å². The summed E-state index contributed by atoms with van der Waals surface area (Å²) in [5.74, 6) is 0.697. The number of amides is 1. The highest BCUT2D eigenvalue weighted by molar-refractivity contribution is 5.94. The number of nitrogens with one attached hydrogen (secondary N) is 1. The van der Waals surface area contributed by atoms with Crippen LogP contribution < -0.4 is 10.1 Å². The van der Waals surface area contributed by atoms with E-state index in [9.17, 15) is 4.79 Å². The number of carbonyl (C=O) groups is 1. The largest absolute Gasteiger partial charge is 0.496 e. The molecule has 0 spiro atoms. The summed E-state index contributed by atoms with van der Waals surface area (Å²) >= 11 is 0. The van der Waals surface area contributed by atoms with Gasteiger partial charge in [-0.25, -0.2) is 0 Å². The van der Waals surface area contributed by atoms with Gasteiger partial charge in [-0.3, -0.25) is 4.79 Å². The number of hydrogen-bond acceptors (Lipinski definition) is 2. The van der Waals surface area contributed by atoms with Gasteiger partial charge in [0.15, 0.2) is 0 Å². The van der Waals surface area contributed by atoms with Gasteiger partial charge in [0.2, 0.25) is 0 Å². The van der Waals surface area contributed by atoms with E-state index < -0.39 is 0 Å². The minimum Gasteiger partial charge on any atom is -0.496 e. The Morgan fingerprint density at radius 2 is 2.24 bits per heavy atom. The number of methoxy groups -OCH3 is 1. The lowest BCUT2D eigenvalue weighted by Crippen LogP contribution is -2.17. The highest BCUT2D eigenvalue weighted by Gasteiger charge is 2.06. The summed E-state index contributed by atoms with van der Waals surface area (Å²) in [5, 5.41) is 2.61. The number of hydrogen-bond donors (Lipinski definition) is 1. The molecule has 1 rings (SSSR count). The standard InChI is InChI=1S/C14H19NO2/c1-4-5-6-7-11-10-12(14(16)15-2)8-9-13(11)17-3/h6-10H,4-5H2,1-3H3,(H,15,16)/b7-6+. The molecule has 92 valence electrons. The van der Waals surface area contributed by atoms with Crippen molar-refractivity contribution in [1.82, 2.24) is 5.32 Å². The zero-order valence-electron chi connectivity index (χ0n) is 10.6. The van der Waals surface area contributed by atoms with Crippen molar-refractivity contribution in [3.63, 3.8) is 0 Å². The van der Waals surface area contributed by atoms with Crippen LogP contribution in [0.1, 0.15) is 35.7 Å². The van der Waals surface area contributed by atoms with Crippen LogP contribution in [-0.2, 0) is 0 Å². The average molecular weight is 233 g/mol. The summed E-state index contributed by atoms with van der Waals surface area (Å²) in [6.45, 7) is 2.13. The second-order valence-electron chi connectivity index (χ2n) is 3.73. The molecular formula is C14H19NO2. The van der Waals surface area contributed by atoms with Crippen LogP contribution in [0.15, 0.2) is 24.3 Å². The van der Waals surface area contributed by atoms with Crippen LogP contribution >= 0.6 is 0 Å². The van der Waals surface area contributed by atoms with Crippen molar-refractivity contribution in [2.75, 3.05) is 14.2 Å². The Hall–Kier alpha value is -1.77. The fraction of sp³-hybridized carbons (Fsp3) is 0.357. The molecule has 1 aromatic carbocycles. The van der Waals surface area contributed by atoms with E-state index in [0.29, 0.717) is 5.56 Å². The van der Waals surface area contributed by atoms with E-state index in [1.54, 1.807) is 20.2 Å². The summed E-state index contributed by atoms with van der Waals surface area (Å²) in [5.41, 5.74) is 1.58. The summed E-state index contributed by atoms with van der Waals surface area (Å²) < 4.78 is 5.26. The number of ether oxygens (including phenoxy) is 1. The number of carbonyl (C=O) groups excluding carboxylic acids is 1. The first-order chi connectivity index (χ1) is 8.22. The van der Waals surface area contributed by atoms with Crippen LogP contribution in [0.4, 0.5) is 0 Å². The Labute approximate surface area is 102 Å². The minimum absolute atomic E-state index is 0.0854. The van der Waals surface area contributed by atoms with Crippen molar-refractivity contribution >= 4 is 12.0 Å². The Balaban J connectivity index is 3.02. The lowest BCUT2D eigenvalue weighted by molar-refractivity contribution is 0.0963. The van der Waals surface area contributed by atoms with Gasteiger partial charge in [0, 0.05) is 18.2 Å². The highest BCUT2D eigenvalue weighted by Crippen LogP contribution is 2.21. The molecule has 0 aliphatic heterocycles. The van der Waals surface area contributed by atoms with E-state index in [1.807, 2.05) is 18.2 Å². The fourth-order valence-electron chi connectivity index (χ4n) is 1.53. The smallest absolute Gasteiger partial charge is 0.251 e. The average Bonchev–Trinajstić information content (AvgIpc) is 2.38. The van der Waals surface area contributed by atoms with Gasteiger partial charge in [-0.1, -0.05) is 25.5 Å². The molecule has 1 amide bonds. The molecule has 0 aliphatic rings. The molecule has 17 heavy (non-hydrogen) atoms. The fourth-order valence-corrected chi connectivity index (χ4v) is 1.53. The third-order valence-electron chi connectivity index (χ3n) is 2.47. The van der Waals surface area contributed by atoms with Gasteiger partial charge in [0.05, 0.1) is 7.11 Å². The molecule has 0 aromatic heterocycles. The monoisotopic (exact) mass is 233 g/mol. The quantitative estimate of drug-likeness (QED) is 0.849. The van der Waals surface area contributed by atoms with Gasteiger partial charge in [-0.05, 0) is 24.6 Å². The molecule has 0 saturated carbocycles. The van der Waals surface area contributed by atoms with Gasteiger partial charge < -0.3 is 10.1 Å². The molecule has 3 nitrogen and oxygen atoms in total. The SMILES string of the molecule is CCC/C=C/c1cc(C(=O)NC)ccc1OC. The molecule has 0 atom stereocenters. The minimum atomic E-state index is -0.0854. The van der Waals surface area contributed by atoms with Crippen molar-refractivity contribution in [3.8, 4) is 5.75 Å². The zero-order chi connectivity index (χ0) is 12.7. The molecule has 1 N–H and O–H groups in total. The lowest BCUT2D eigenvalue weighted by atomic mass is 10.1. The van der Waals surface area contributed by atoms with Gasteiger partial charge >= 0.3 is 0 Å². The highest BCUT2D eigenvalue weighted by atomic mass is 16.5. The Morgan fingerprint density at radius 3 is 2.82 bits per heavy atom. The molecular weight excluding hydrogens is 214 g/mol. The molecule has 0 heterocycles. The number of benzene rings is 1. The molecule has 3 heteroatoms.